The Bertz CT molecular complexity index is 750. The standard InChI is InChI=1S/C20H29N5O2/c1-3-21-20(22-8-7-17-5-4-6-19(26)14-17)25-11-9-24(10-12-25)15-18-13-16(2)27-23-18/h4-6,13-14,26H,3,7-12,15H2,1-2H3,(H,21,22). The van der Waals surface area contributed by atoms with E-state index in [4.69, 9.17) is 9.52 Å². The summed E-state index contributed by atoms with van der Waals surface area (Å²) in [7, 11) is 0. The lowest BCUT2D eigenvalue weighted by Crippen LogP contribution is -2.52. The van der Waals surface area contributed by atoms with Gasteiger partial charge in [0.2, 0.25) is 0 Å². The molecule has 0 atom stereocenters. The van der Waals surface area contributed by atoms with Gasteiger partial charge in [0, 0.05) is 51.9 Å². The van der Waals surface area contributed by atoms with Crippen LogP contribution < -0.4 is 5.32 Å². The minimum Gasteiger partial charge on any atom is -0.508 e. The van der Waals surface area contributed by atoms with Gasteiger partial charge in [-0.1, -0.05) is 17.3 Å². The first kappa shape index (κ1) is 19.2. The fourth-order valence-electron chi connectivity index (χ4n) is 3.27. The Morgan fingerprint density at radius 1 is 1.26 bits per heavy atom. The van der Waals surface area contributed by atoms with Crippen molar-refractivity contribution in [3.8, 4) is 5.75 Å². The van der Waals surface area contributed by atoms with Crippen LogP contribution in [0.4, 0.5) is 0 Å². The van der Waals surface area contributed by atoms with Crippen LogP contribution in [0, 0.1) is 6.92 Å². The van der Waals surface area contributed by atoms with Gasteiger partial charge in [0.05, 0.1) is 5.69 Å². The number of phenols is 1. The predicted molar refractivity (Wildman–Crippen MR) is 106 cm³/mol. The molecule has 2 heterocycles. The summed E-state index contributed by atoms with van der Waals surface area (Å²) in [5, 5.41) is 17.1. The SMILES string of the molecule is CCNC(=NCCc1cccc(O)c1)N1CCN(Cc2cc(C)on2)CC1. The van der Waals surface area contributed by atoms with Gasteiger partial charge in [-0.05, 0) is 38.0 Å². The molecule has 1 aliphatic heterocycles. The molecule has 0 unspecified atom stereocenters. The van der Waals surface area contributed by atoms with Gasteiger partial charge in [0.15, 0.2) is 5.96 Å². The Balaban J connectivity index is 1.51. The number of nitrogens with one attached hydrogen (secondary N) is 1. The summed E-state index contributed by atoms with van der Waals surface area (Å²) in [6.45, 7) is 10.2. The third-order valence-corrected chi connectivity index (χ3v) is 4.64. The number of aromatic hydroxyl groups is 1. The second-order valence-electron chi connectivity index (χ2n) is 6.85. The summed E-state index contributed by atoms with van der Waals surface area (Å²) in [6.07, 6.45) is 0.814. The molecule has 0 spiro atoms. The fourth-order valence-corrected chi connectivity index (χ4v) is 3.27. The lowest BCUT2D eigenvalue weighted by Gasteiger charge is -2.36. The Morgan fingerprint density at radius 2 is 2.07 bits per heavy atom. The topological polar surface area (TPSA) is 77.1 Å². The van der Waals surface area contributed by atoms with Gasteiger partial charge in [-0.15, -0.1) is 0 Å². The third-order valence-electron chi connectivity index (χ3n) is 4.64. The molecule has 7 heteroatoms. The average Bonchev–Trinajstić information content (AvgIpc) is 3.06. The van der Waals surface area contributed by atoms with Crippen molar-refractivity contribution in [3.63, 3.8) is 0 Å². The van der Waals surface area contributed by atoms with Crippen molar-refractivity contribution in [3.05, 3.63) is 47.3 Å². The molecule has 1 fully saturated rings. The number of benzene rings is 1. The molecule has 0 bridgehead atoms. The number of piperazine rings is 1. The quantitative estimate of drug-likeness (QED) is 0.598. The molecule has 27 heavy (non-hydrogen) atoms. The first-order chi connectivity index (χ1) is 13.1. The summed E-state index contributed by atoms with van der Waals surface area (Å²) in [6, 6.07) is 9.38. The van der Waals surface area contributed by atoms with Crippen molar-refractivity contribution in [2.75, 3.05) is 39.3 Å². The lowest BCUT2D eigenvalue weighted by molar-refractivity contribution is 0.169. The van der Waals surface area contributed by atoms with E-state index in [1.807, 2.05) is 25.1 Å². The molecule has 1 aromatic heterocycles. The van der Waals surface area contributed by atoms with Gasteiger partial charge in [-0.2, -0.15) is 0 Å². The minimum absolute atomic E-state index is 0.307. The van der Waals surface area contributed by atoms with E-state index in [9.17, 15) is 5.11 Å². The molecule has 146 valence electrons. The molecular weight excluding hydrogens is 342 g/mol. The van der Waals surface area contributed by atoms with Gasteiger partial charge >= 0.3 is 0 Å². The number of aromatic nitrogens is 1. The monoisotopic (exact) mass is 371 g/mol. The summed E-state index contributed by atoms with van der Waals surface area (Å²) in [5.74, 6) is 2.13. The van der Waals surface area contributed by atoms with E-state index in [0.717, 1.165) is 68.7 Å². The number of aliphatic imine (C=N–C) groups is 1. The van der Waals surface area contributed by atoms with Crippen LogP contribution in [0.3, 0.4) is 0 Å². The van der Waals surface area contributed by atoms with E-state index in [1.165, 1.54) is 0 Å². The van der Waals surface area contributed by atoms with Crippen LogP contribution in [0.1, 0.15) is 23.9 Å². The minimum atomic E-state index is 0.307. The van der Waals surface area contributed by atoms with Crippen LogP contribution in [-0.2, 0) is 13.0 Å². The van der Waals surface area contributed by atoms with Crippen molar-refractivity contribution in [2.24, 2.45) is 4.99 Å². The molecule has 0 radical (unpaired) electrons. The van der Waals surface area contributed by atoms with Crippen molar-refractivity contribution in [2.45, 2.75) is 26.8 Å². The van der Waals surface area contributed by atoms with Gasteiger partial charge in [0.25, 0.3) is 0 Å². The molecule has 1 aromatic carbocycles. The summed E-state index contributed by atoms with van der Waals surface area (Å²) < 4.78 is 5.15. The molecule has 1 saturated heterocycles. The van der Waals surface area contributed by atoms with Crippen LogP contribution in [-0.4, -0.2) is 65.3 Å². The summed E-state index contributed by atoms with van der Waals surface area (Å²) >= 11 is 0. The highest BCUT2D eigenvalue weighted by Crippen LogP contribution is 2.12. The molecule has 0 amide bonds. The number of hydrogen-bond donors (Lipinski definition) is 2. The van der Waals surface area contributed by atoms with Gasteiger partial charge in [-0.3, -0.25) is 9.89 Å². The maximum atomic E-state index is 9.57. The smallest absolute Gasteiger partial charge is 0.194 e. The zero-order valence-electron chi connectivity index (χ0n) is 16.2. The van der Waals surface area contributed by atoms with Crippen LogP contribution in [0.2, 0.25) is 0 Å². The number of guanidine groups is 1. The number of phenolic OH excluding ortho intramolecular Hbond substituents is 1. The number of rotatable bonds is 6. The van der Waals surface area contributed by atoms with Gasteiger partial charge in [-0.25, -0.2) is 0 Å². The van der Waals surface area contributed by atoms with Crippen LogP contribution in [0.5, 0.6) is 5.75 Å². The van der Waals surface area contributed by atoms with Crippen molar-refractivity contribution < 1.29 is 9.63 Å². The molecular formula is C20H29N5O2. The van der Waals surface area contributed by atoms with Gasteiger partial charge < -0.3 is 19.8 Å². The Hall–Kier alpha value is -2.54. The second-order valence-corrected chi connectivity index (χ2v) is 6.85. The van der Waals surface area contributed by atoms with E-state index in [2.05, 4.69) is 27.2 Å². The molecule has 3 rings (SSSR count). The average molecular weight is 371 g/mol. The molecule has 2 N–H and O–H groups in total. The van der Waals surface area contributed by atoms with E-state index >= 15 is 0 Å². The van der Waals surface area contributed by atoms with E-state index in [0.29, 0.717) is 12.3 Å². The Morgan fingerprint density at radius 3 is 2.74 bits per heavy atom. The third kappa shape index (κ3) is 5.72. The highest BCUT2D eigenvalue weighted by Gasteiger charge is 2.20. The van der Waals surface area contributed by atoms with E-state index in [1.54, 1.807) is 12.1 Å². The molecule has 0 saturated carbocycles. The first-order valence-corrected chi connectivity index (χ1v) is 9.59. The summed E-state index contributed by atoms with van der Waals surface area (Å²) in [5.41, 5.74) is 2.09. The van der Waals surface area contributed by atoms with E-state index in [-0.39, 0.29) is 0 Å². The van der Waals surface area contributed by atoms with Crippen molar-refractivity contribution in [1.29, 1.82) is 0 Å². The van der Waals surface area contributed by atoms with Crippen LogP contribution >= 0.6 is 0 Å². The first-order valence-electron chi connectivity index (χ1n) is 9.59. The van der Waals surface area contributed by atoms with Crippen molar-refractivity contribution in [1.82, 2.24) is 20.3 Å². The Kier molecular flexibility index (Phi) is 6.70. The zero-order valence-corrected chi connectivity index (χ0v) is 16.2. The number of hydrogen-bond acceptors (Lipinski definition) is 5. The maximum Gasteiger partial charge on any atom is 0.194 e. The highest BCUT2D eigenvalue weighted by molar-refractivity contribution is 5.80. The highest BCUT2D eigenvalue weighted by atomic mass is 16.5. The maximum absolute atomic E-state index is 9.57. The summed E-state index contributed by atoms with van der Waals surface area (Å²) in [4.78, 5) is 9.49. The molecule has 1 aliphatic rings. The van der Waals surface area contributed by atoms with Crippen molar-refractivity contribution >= 4 is 5.96 Å². The number of nitrogens with zero attached hydrogens (tertiary/aromatic N) is 4. The number of aryl methyl sites for hydroxylation is 1. The zero-order chi connectivity index (χ0) is 19.1. The molecule has 0 aliphatic carbocycles. The molecule has 7 nitrogen and oxygen atoms in total. The lowest BCUT2D eigenvalue weighted by atomic mass is 10.1. The molecule has 2 aromatic rings. The van der Waals surface area contributed by atoms with E-state index < -0.39 is 0 Å². The largest absolute Gasteiger partial charge is 0.508 e. The Labute approximate surface area is 160 Å². The fraction of sp³-hybridized carbons (Fsp3) is 0.500. The van der Waals surface area contributed by atoms with Crippen LogP contribution in [0.25, 0.3) is 0 Å². The predicted octanol–water partition coefficient (Wildman–Crippen LogP) is 2.01. The normalized spacial score (nSPS) is 15.9. The van der Waals surface area contributed by atoms with Crippen LogP contribution in [0.15, 0.2) is 39.8 Å². The van der Waals surface area contributed by atoms with Gasteiger partial charge in [0.1, 0.15) is 11.5 Å². The second kappa shape index (κ2) is 9.41.